The predicted octanol–water partition coefficient (Wildman–Crippen LogP) is 4.99. The number of carbonyl (C=O) groups excluding carboxylic acids is 1. The van der Waals surface area contributed by atoms with E-state index in [-0.39, 0.29) is 5.91 Å². The molecule has 0 saturated carbocycles. The fourth-order valence-electron chi connectivity index (χ4n) is 2.46. The molecule has 0 atom stereocenters. The van der Waals surface area contributed by atoms with Gasteiger partial charge in [0.05, 0.1) is 17.9 Å². The van der Waals surface area contributed by atoms with Crippen molar-refractivity contribution in [2.24, 2.45) is 5.10 Å². The van der Waals surface area contributed by atoms with Crippen LogP contribution < -0.4 is 10.7 Å². The number of hydrazone groups is 1. The molecule has 0 bridgehead atoms. The molecule has 0 aliphatic rings. The van der Waals surface area contributed by atoms with Gasteiger partial charge in [-0.05, 0) is 41.5 Å². The van der Waals surface area contributed by atoms with Crippen LogP contribution in [-0.2, 0) is 4.79 Å². The molecule has 0 aromatic heterocycles. The molecule has 140 valence electrons. The third-order valence-corrected chi connectivity index (χ3v) is 4.18. The van der Waals surface area contributed by atoms with Gasteiger partial charge in [0.1, 0.15) is 0 Å². The second-order valence-electron chi connectivity index (χ2n) is 6.01. The first kappa shape index (κ1) is 19.4. The van der Waals surface area contributed by atoms with Gasteiger partial charge in [0, 0.05) is 11.1 Å². The van der Waals surface area contributed by atoms with Gasteiger partial charge in [-0.15, -0.1) is 0 Å². The second kappa shape index (κ2) is 10.1. The number of benzene rings is 3. The average Bonchev–Trinajstić information content (AvgIpc) is 2.75. The lowest BCUT2D eigenvalue weighted by Gasteiger charge is -2.09. The summed E-state index contributed by atoms with van der Waals surface area (Å²) in [6.45, 7) is 0.299. The highest BCUT2D eigenvalue weighted by molar-refractivity contribution is 6.30. The van der Waals surface area contributed by atoms with Crippen molar-refractivity contribution in [2.45, 2.75) is 0 Å². The summed E-state index contributed by atoms with van der Waals surface area (Å²) in [7, 11) is 0. The van der Waals surface area contributed by atoms with Crippen LogP contribution in [0.3, 0.4) is 0 Å². The number of halogens is 1. The van der Waals surface area contributed by atoms with Crippen molar-refractivity contribution >= 4 is 35.0 Å². The number of anilines is 1. The molecule has 1 amide bonds. The first-order chi connectivity index (χ1) is 13.7. The summed E-state index contributed by atoms with van der Waals surface area (Å²) < 4.78 is 0. The zero-order valence-corrected chi connectivity index (χ0v) is 15.9. The van der Waals surface area contributed by atoms with E-state index in [1.807, 2.05) is 72.8 Å². The molecular weight excluding hydrogens is 370 g/mol. The topological polar surface area (TPSA) is 53.5 Å². The van der Waals surface area contributed by atoms with Gasteiger partial charge in [0.25, 0.3) is 0 Å². The maximum Gasteiger partial charge on any atom is 0.244 e. The van der Waals surface area contributed by atoms with Crippen molar-refractivity contribution in [2.75, 3.05) is 12.0 Å². The molecule has 0 aliphatic carbocycles. The van der Waals surface area contributed by atoms with Crippen molar-refractivity contribution in [3.63, 3.8) is 0 Å². The third kappa shape index (κ3) is 6.11. The number of rotatable bonds is 7. The van der Waals surface area contributed by atoms with Gasteiger partial charge in [-0.3, -0.25) is 10.2 Å². The van der Waals surface area contributed by atoms with Gasteiger partial charge >= 0.3 is 0 Å². The zero-order valence-electron chi connectivity index (χ0n) is 15.2. The number of carbonyl (C=O) groups is 1. The molecule has 0 spiro atoms. The van der Waals surface area contributed by atoms with Crippen LogP contribution in [0, 0.1) is 0 Å². The summed E-state index contributed by atoms with van der Waals surface area (Å²) in [6.07, 6.45) is 3.24. The Morgan fingerprint density at radius 2 is 1.54 bits per heavy atom. The van der Waals surface area contributed by atoms with E-state index in [4.69, 9.17) is 11.6 Å². The van der Waals surface area contributed by atoms with E-state index >= 15 is 0 Å². The highest BCUT2D eigenvalue weighted by Gasteiger charge is 2.05. The Morgan fingerprint density at radius 1 is 0.893 bits per heavy atom. The molecule has 0 heterocycles. The molecule has 2 N–H and O–H groups in total. The lowest BCUT2D eigenvalue weighted by Crippen LogP contribution is -2.29. The van der Waals surface area contributed by atoms with Gasteiger partial charge in [0.2, 0.25) is 5.91 Å². The Morgan fingerprint density at radius 3 is 2.21 bits per heavy atom. The van der Waals surface area contributed by atoms with E-state index in [0.29, 0.717) is 11.6 Å². The van der Waals surface area contributed by atoms with Gasteiger partial charge < -0.3 is 5.32 Å². The molecule has 0 unspecified atom stereocenters. The molecule has 3 aromatic carbocycles. The monoisotopic (exact) mass is 389 g/mol. The summed E-state index contributed by atoms with van der Waals surface area (Å²) in [6, 6.07) is 26.7. The lowest BCUT2D eigenvalue weighted by atomic mass is 10.1. The number of amides is 1. The number of nitrogens with zero attached hydrogens (tertiary/aromatic N) is 1. The minimum atomic E-state index is -0.196. The first-order valence-electron chi connectivity index (χ1n) is 8.85. The normalized spacial score (nSPS) is 11.4. The van der Waals surface area contributed by atoms with Crippen molar-refractivity contribution in [1.82, 2.24) is 5.32 Å². The predicted molar refractivity (Wildman–Crippen MR) is 117 cm³/mol. The van der Waals surface area contributed by atoms with E-state index < -0.39 is 0 Å². The highest BCUT2D eigenvalue weighted by atomic mass is 35.5. The summed E-state index contributed by atoms with van der Waals surface area (Å²) in [5.74, 6) is -0.196. The van der Waals surface area contributed by atoms with E-state index in [9.17, 15) is 4.79 Å². The number of hydrogen-bond donors (Lipinski definition) is 2. The lowest BCUT2D eigenvalue weighted by molar-refractivity contribution is -0.116. The molecule has 4 nitrogen and oxygen atoms in total. The molecule has 0 saturated heterocycles. The van der Waals surface area contributed by atoms with E-state index in [0.717, 1.165) is 22.5 Å². The Kier molecular flexibility index (Phi) is 6.99. The van der Waals surface area contributed by atoms with Crippen molar-refractivity contribution in [1.29, 1.82) is 0 Å². The molecule has 0 aliphatic heterocycles. The highest BCUT2D eigenvalue weighted by Crippen LogP contribution is 2.10. The summed E-state index contributed by atoms with van der Waals surface area (Å²) >= 11 is 5.87. The van der Waals surface area contributed by atoms with Crippen molar-refractivity contribution < 1.29 is 4.79 Å². The summed E-state index contributed by atoms with van der Waals surface area (Å²) in [5, 5.41) is 8.02. The average molecular weight is 390 g/mol. The minimum Gasteiger partial charge on any atom is -0.347 e. The van der Waals surface area contributed by atoms with Crippen LogP contribution in [0.25, 0.3) is 6.08 Å². The quantitative estimate of drug-likeness (QED) is 0.340. The van der Waals surface area contributed by atoms with Crippen LogP contribution in [0.5, 0.6) is 0 Å². The van der Waals surface area contributed by atoms with Crippen LogP contribution >= 0.6 is 11.6 Å². The molecule has 3 aromatic rings. The Bertz CT molecular complexity index is 952. The smallest absolute Gasteiger partial charge is 0.244 e. The van der Waals surface area contributed by atoms with Crippen molar-refractivity contribution in [3.05, 3.63) is 107 Å². The van der Waals surface area contributed by atoms with Crippen LogP contribution in [0.1, 0.15) is 11.1 Å². The zero-order chi connectivity index (χ0) is 19.6. The van der Waals surface area contributed by atoms with Gasteiger partial charge in [-0.25, -0.2) is 0 Å². The van der Waals surface area contributed by atoms with Gasteiger partial charge in [0.15, 0.2) is 0 Å². The van der Waals surface area contributed by atoms with Crippen LogP contribution in [-0.4, -0.2) is 18.2 Å². The number of para-hydroxylation sites is 1. The van der Waals surface area contributed by atoms with E-state index in [1.165, 1.54) is 6.08 Å². The standard InChI is InChI=1S/C23H20ClN3O/c24-20-14-11-18(12-15-20)13-16-23(28)25-17-22(19-7-3-1-4-8-19)27-26-21-9-5-2-6-10-21/h1-16,26H,17H2,(H,25,28)/b16-13+,27-22-. The Hall–Kier alpha value is -3.37. The number of hydrogen-bond acceptors (Lipinski definition) is 3. The molecule has 0 radical (unpaired) electrons. The first-order valence-corrected chi connectivity index (χ1v) is 9.23. The Labute approximate surface area is 169 Å². The summed E-state index contributed by atoms with van der Waals surface area (Å²) in [4.78, 5) is 12.2. The minimum absolute atomic E-state index is 0.196. The fourth-order valence-corrected chi connectivity index (χ4v) is 2.58. The van der Waals surface area contributed by atoms with Gasteiger partial charge in [-0.1, -0.05) is 72.3 Å². The van der Waals surface area contributed by atoms with Crippen LogP contribution in [0.15, 0.2) is 96.1 Å². The van der Waals surface area contributed by atoms with Crippen LogP contribution in [0.4, 0.5) is 5.69 Å². The maximum atomic E-state index is 12.2. The third-order valence-electron chi connectivity index (χ3n) is 3.93. The second-order valence-corrected chi connectivity index (χ2v) is 6.44. The van der Waals surface area contributed by atoms with Crippen LogP contribution in [0.2, 0.25) is 5.02 Å². The molecule has 5 heteroatoms. The van der Waals surface area contributed by atoms with Gasteiger partial charge in [-0.2, -0.15) is 5.10 Å². The van der Waals surface area contributed by atoms with E-state index in [2.05, 4.69) is 15.8 Å². The number of nitrogens with one attached hydrogen (secondary N) is 2. The fraction of sp³-hybridized carbons (Fsp3) is 0.0435. The molecular formula is C23H20ClN3O. The van der Waals surface area contributed by atoms with Crippen molar-refractivity contribution in [3.8, 4) is 0 Å². The molecule has 0 fully saturated rings. The molecule has 28 heavy (non-hydrogen) atoms. The largest absolute Gasteiger partial charge is 0.347 e. The SMILES string of the molecule is O=C(/C=C/c1ccc(Cl)cc1)NC/C(=N/Nc1ccccc1)c1ccccc1. The summed E-state index contributed by atoms with van der Waals surface area (Å²) in [5.41, 5.74) is 6.49. The molecule has 3 rings (SSSR count). The Balaban J connectivity index is 1.65. The maximum absolute atomic E-state index is 12.2. The van der Waals surface area contributed by atoms with E-state index in [1.54, 1.807) is 18.2 Å².